The molecule has 8 saturated carbocycles. The summed E-state index contributed by atoms with van der Waals surface area (Å²) in [6, 6.07) is 14.0. The molecule has 598 valence electrons. The van der Waals surface area contributed by atoms with Gasteiger partial charge in [-0.2, -0.15) is 0 Å². The van der Waals surface area contributed by atoms with Gasteiger partial charge in [-0.25, -0.2) is 0 Å². The van der Waals surface area contributed by atoms with Crippen molar-refractivity contribution in [3.8, 4) is 11.1 Å². The van der Waals surface area contributed by atoms with Gasteiger partial charge in [-0.15, -0.1) is 0 Å². The van der Waals surface area contributed by atoms with Gasteiger partial charge in [-0.1, -0.05) is 111 Å². The fraction of sp³-hybridized carbons (Fsp3) is 0.835. The molecule has 105 heavy (non-hydrogen) atoms. The summed E-state index contributed by atoms with van der Waals surface area (Å²) in [5, 5.41) is 63.2. The molecular formula is C79H127NO22P3-3. The number of phosphoric ester groups is 3. The number of aliphatic hydroxyl groups is 6. The summed E-state index contributed by atoms with van der Waals surface area (Å²) >= 11 is 0. The minimum absolute atomic E-state index is 0.00494. The van der Waals surface area contributed by atoms with Gasteiger partial charge < -0.3 is 92.0 Å². The molecule has 25 atom stereocenters. The van der Waals surface area contributed by atoms with Crippen molar-refractivity contribution in [3.63, 3.8) is 0 Å². The van der Waals surface area contributed by atoms with Crippen LogP contribution in [-0.4, -0.2) is 142 Å². The van der Waals surface area contributed by atoms with E-state index in [4.69, 9.17) is 46.5 Å². The van der Waals surface area contributed by atoms with E-state index in [1.165, 1.54) is 64.2 Å². The smallest absolute Gasteiger partial charge is 0.268 e. The highest BCUT2D eigenvalue weighted by atomic mass is 31.2. The van der Waals surface area contributed by atoms with Crippen molar-refractivity contribution in [2.45, 2.75) is 310 Å². The zero-order valence-corrected chi connectivity index (χ0v) is 67.0. The number of hydrogen-bond donors (Lipinski definition) is 7. The summed E-state index contributed by atoms with van der Waals surface area (Å²) in [4.78, 5) is 50.8. The highest BCUT2D eigenvalue weighted by molar-refractivity contribution is 7.46. The van der Waals surface area contributed by atoms with Crippen LogP contribution in [-0.2, 0) is 73.1 Å². The zero-order valence-electron chi connectivity index (χ0n) is 64.4. The molecule has 11 aliphatic rings. The molecule has 2 aromatic rings. The predicted molar refractivity (Wildman–Crippen MR) is 391 cm³/mol. The van der Waals surface area contributed by atoms with Gasteiger partial charge >= 0.3 is 0 Å². The van der Waals surface area contributed by atoms with Crippen LogP contribution in [0.1, 0.15) is 223 Å². The van der Waals surface area contributed by atoms with Gasteiger partial charge in [0.15, 0.2) is 0 Å². The van der Waals surface area contributed by atoms with Crippen LogP contribution in [0.4, 0.5) is 0 Å². The molecular weight excluding hydrogens is 1410 g/mol. The first kappa shape index (κ1) is 85.3. The molecule has 0 radical (unpaired) electrons. The number of amides is 1. The molecule has 7 N–H and O–H groups in total. The molecule has 0 spiro atoms. The van der Waals surface area contributed by atoms with Gasteiger partial charge in [-0.05, 0) is 253 Å². The molecule has 4 bridgehead atoms. The number of hydrogen-bond acceptors (Lipinski definition) is 22. The molecule has 8 aliphatic carbocycles. The Labute approximate surface area is 624 Å². The third kappa shape index (κ3) is 21.0. The molecule has 5 unspecified atom stereocenters. The van der Waals surface area contributed by atoms with E-state index in [2.05, 4.69) is 26.1 Å². The number of carbonyl (C=O) groups excluding carboxylic acids is 1. The second kappa shape index (κ2) is 35.9. The van der Waals surface area contributed by atoms with Crippen molar-refractivity contribution in [3.05, 3.63) is 59.7 Å². The van der Waals surface area contributed by atoms with Crippen molar-refractivity contribution in [1.29, 1.82) is 0 Å². The van der Waals surface area contributed by atoms with Crippen molar-refractivity contribution in [2.24, 2.45) is 87.3 Å². The Morgan fingerprint density at radius 2 is 1.02 bits per heavy atom. The van der Waals surface area contributed by atoms with Crippen LogP contribution in [0.25, 0.3) is 11.1 Å². The Morgan fingerprint density at radius 1 is 0.571 bits per heavy atom. The number of benzene rings is 2. The fourth-order valence-corrected chi connectivity index (χ4v) is 24.3. The Kier molecular flexibility index (Phi) is 29.2. The monoisotopic (exact) mass is 1530 g/mol. The molecule has 23 nitrogen and oxygen atoms in total. The van der Waals surface area contributed by atoms with Gasteiger partial charge in [-0.3, -0.25) is 18.5 Å². The van der Waals surface area contributed by atoms with Gasteiger partial charge in [0.2, 0.25) is 5.91 Å². The van der Waals surface area contributed by atoms with Gasteiger partial charge in [0.25, 0.3) is 23.5 Å². The second-order valence-electron chi connectivity index (χ2n) is 35.5. The summed E-state index contributed by atoms with van der Waals surface area (Å²) in [6.07, 6.45) is 11.5. The van der Waals surface area contributed by atoms with E-state index in [-0.39, 0.29) is 43.7 Å². The molecule has 3 saturated heterocycles. The Bertz CT molecular complexity index is 3210. The van der Waals surface area contributed by atoms with Crippen molar-refractivity contribution in [1.82, 2.24) is 5.32 Å². The van der Waals surface area contributed by atoms with Crippen LogP contribution < -0.4 is 20.0 Å². The van der Waals surface area contributed by atoms with Gasteiger partial charge in [0.1, 0.15) is 36.6 Å². The molecule has 26 heteroatoms. The van der Waals surface area contributed by atoms with Crippen LogP contribution in [0, 0.1) is 87.3 Å². The molecule has 1 amide bonds. The van der Waals surface area contributed by atoms with Crippen LogP contribution in [0.3, 0.4) is 0 Å². The van der Waals surface area contributed by atoms with Crippen molar-refractivity contribution in [2.75, 3.05) is 19.8 Å². The lowest BCUT2D eigenvalue weighted by Crippen LogP contribution is -2.56. The van der Waals surface area contributed by atoms with E-state index in [9.17, 15) is 58.7 Å². The Morgan fingerprint density at radius 3 is 1.49 bits per heavy atom. The fourth-order valence-electron chi connectivity index (χ4n) is 21.4. The Balaban J connectivity index is 0.000000171. The summed E-state index contributed by atoms with van der Waals surface area (Å²) in [5.41, 5.74) is 3.84. The van der Waals surface area contributed by atoms with E-state index in [1.807, 2.05) is 77.9 Å². The van der Waals surface area contributed by atoms with E-state index in [0.717, 1.165) is 73.0 Å². The van der Waals surface area contributed by atoms with E-state index >= 15 is 0 Å². The lowest BCUT2D eigenvalue weighted by Gasteiger charge is -2.61. The molecule has 13 rings (SSSR count). The predicted octanol–water partition coefficient (Wildman–Crippen LogP) is 11.6. The van der Waals surface area contributed by atoms with E-state index < -0.39 is 121 Å². The summed E-state index contributed by atoms with van der Waals surface area (Å²) in [7, 11) is -14.0. The highest BCUT2D eigenvalue weighted by Gasteiger charge is 2.61. The summed E-state index contributed by atoms with van der Waals surface area (Å²) < 4.78 is 85.9. The summed E-state index contributed by atoms with van der Waals surface area (Å²) in [6.45, 7) is 23.7. The number of rotatable bonds is 29. The minimum atomic E-state index is -4.81. The average Bonchev–Trinajstić information content (AvgIpc) is 1.70. The first-order valence-electron chi connectivity index (χ1n) is 39.7. The normalized spacial score (nSPS) is 39.8. The first-order valence-corrected chi connectivity index (χ1v) is 44.1. The van der Waals surface area contributed by atoms with Crippen LogP contribution >= 0.6 is 23.5 Å². The first-order chi connectivity index (χ1) is 49.4. The number of fused-ring (bicyclic) bond motifs is 5. The maximum Gasteiger partial charge on any atom is 0.268 e. The van der Waals surface area contributed by atoms with Crippen LogP contribution in [0.15, 0.2) is 48.5 Å². The molecule has 3 aliphatic heterocycles. The van der Waals surface area contributed by atoms with Gasteiger partial charge in [0.05, 0.1) is 81.8 Å². The number of phosphoric acid groups is 3. The largest absolute Gasteiger partial charge is 0.756 e. The topological polar surface area (TPSA) is 354 Å². The second-order valence-corrected chi connectivity index (χ2v) is 39.6. The lowest BCUT2D eigenvalue weighted by atomic mass is 9.44. The third-order valence-electron chi connectivity index (χ3n) is 26.4. The zero-order chi connectivity index (χ0) is 76.3. The maximum atomic E-state index is 13.2. The van der Waals surface area contributed by atoms with Crippen LogP contribution in [0.5, 0.6) is 0 Å². The van der Waals surface area contributed by atoms with Crippen molar-refractivity contribution < 1.29 is 105 Å². The standard InChI is InChI=1S/C33H59O7P.C23H40NO8P.C23H31O7P/c1-20(2)18-29-31(30(35)22(4)39-29)40-41(36,37)38-17-7-8-21(3)26-11-12-27-25-10-9-23-19-24(34)13-15-32(23,5)28(25)14-16-33(26,27)6;1-13(2)4-19-21(20(26)14(3)31-19)32-33(28,29)30-12-18(11-25)24-22(27)23-8-15-5-16(9-23)7-17(6-15)10-23;1-15(2)12-21-23(22(25)16(3)29-21)30-31(26,27)28-14-18-6-10-20(11-7-18)19-8-4-17(13-24)5-9-19/h20-31,34-35H,7-19H2,1-6H3,(H,36,37);13-21,25-26H,4-12H2,1-3H3,(H,24,27)(H,28,29);4-11,15-16,21-25H,12-14H2,1-3H3,(H,26,27)/p-3/t21-,22+,23?,24-,25+,26-,27+,28+,29-,30+,31-,32+,33-;14-,15?,16?,17?,18?,19+,20-,21+,23?;16-,21+,22-,23+/m100/s1. The summed E-state index contributed by atoms with van der Waals surface area (Å²) in [5.74, 6) is 6.81. The van der Waals surface area contributed by atoms with Crippen molar-refractivity contribution >= 4 is 29.4 Å². The van der Waals surface area contributed by atoms with E-state index in [1.54, 1.807) is 32.9 Å². The van der Waals surface area contributed by atoms with Crippen LogP contribution in [0.2, 0.25) is 0 Å². The van der Waals surface area contributed by atoms with E-state index in [0.29, 0.717) is 83.5 Å². The molecule has 2 aromatic carbocycles. The molecule has 3 heterocycles. The number of nitrogens with one attached hydrogen (secondary N) is 1. The average molecular weight is 1540 g/mol. The number of carbonyl (C=O) groups is 1. The molecule has 11 fully saturated rings. The minimum Gasteiger partial charge on any atom is -0.756 e. The highest BCUT2D eigenvalue weighted by Crippen LogP contribution is 2.69. The molecule has 0 aromatic heterocycles. The lowest BCUT2D eigenvalue weighted by molar-refractivity contribution is -0.235. The quantitative estimate of drug-likeness (QED) is 0.0294. The Hall–Kier alpha value is -2.12. The number of ether oxygens (including phenoxy) is 3. The number of aliphatic hydroxyl groups excluding tert-OH is 6. The third-order valence-corrected chi connectivity index (χ3v) is 29.3. The maximum absolute atomic E-state index is 13.2. The SMILES string of the molecule is CC(C)C[C@H]1O[C@@H](C)[C@H](O)[C@@H]1OP(=O)([O-])OCC(CO)NC(=O)C12CC3CC(CC(C3)C1)C2.CC(C)C[C@H]1O[C@@H](C)[C@H](O)[C@@H]1OP(=O)([O-])OCCC[C@@H](C)[C@H]1CC[C@H]2[C@@H]3CCC4C[C@H](O)CC[C@]4(C)[C@H]3CC[C@]12C.CC(C)C[C@H]1O[C@@H](C)[C@H](O)[C@@H]1OP(=O)([O-])OCc1ccc(-c2ccc(CO)cc2)cc1. The van der Waals surface area contributed by atoms with Gasteiger partial charge in [0, 0.05) is 5.41 Å².